The Morgan fingerprint density at radius 3 is 2.00 bits per heavy atom. The third-order valence-electron chi connectivity index (χ3n) is 4.28. The van der Waals surface area contributed by atoms with Crippen LogP contribution in [0.5, 0.6) is 0 Å². The summed E-state index contributed by atoms with van der Waals surface area (Å²) in [5.41, 5.74) is 5.85. The van der Waals surface area contributed by atoms with Crippen LogP contribution >= 0.6 is 11.8 Å². The lowest BCUT2D eigenvalue weighted by Crippen LogP contribution is -2.56. The lowest BCUT2D eigenvalue weighted by Gasteiger charge is -2.24. The van der Waals surface area contributed by atoms with Crippen LogP contribution in [-0.4, -0.2) is 65.0 Å². The average molecular weight is 405 g/mol. The molecule has 0 aliphatic rings. The van der Waals surface area contributed by atoms with E-state index in [1.54, 1.807) is 0 Å². The summed E-state index contributed by atoms with van der Waals surface area (Å²) in [6, 6.07) is -3.57. The summed E-state index contributed by atoms with van der Waals surface area (Å²) in [5.74, 6) is -2.15. The minimum Gasteiger partial charge on any atom is -0.480 e. The first-order valence-electron chi connectivity index (χ1n) is 8.93. The molecular formula is C17H32N4O5S. The molecule has 0 heterocycles. The zero-order chi connectivity index (χ0) is 21.1. The third kappa shape index (κ3) is 9.09. The Morgan fingerprint density at radius 1 is 0.963 bits per heavy atom. The maximum Gasteiger partial charge on any atom is 0.325 e. The van der Waals surface area contributed by atoms with Gasteiger partial charge in [0.1, 0.15) is 18.1 Å². The van der Waals surface area contributed by atoms with Crippen LogP contribution in [0.25, 0.3) is 0 Å². The van der Waals surface area contributed by atoms with E-state index in [1.807, 2.05) is 20.1 Å². The number of amides is 3. The molecule has 156 valence electrons. The summed E-state index contributed by atoms with van der Waals surface area (Å²) < 4.78 is 0. The van der Waals surface area contributed by atoms with Crippen molar-refractivity contribution in [2.45, 2.75) is 64.7 Å². The molecule has 0 aromatic rings. The maximum atomic E-state index is 12.4. The quantitative estimate of drug-likeness (QED) is 0.299. The van der Waals surface area contributed by atoms with Crippen molar-refractivity contribution in [1.29, 1.82) is 0 Å². The molecule has 10 heteroatoms. The number of aliphatic carboxylic acids is 1. The summed E-state index contributed by atoms with van der Waals surface area (Å²) in [7, 11) is 0. The molecule has 0 fully saturated rings. The van der Waals surface area contributed by atoms with Crippen LogP contribution in [-0.2, 0) is 19.2 Å². The lowest BCUT2D eigenvalue weighted by atomic mass is 9.99. The second-order valence-electron chi connectivity index (χ2n) is 6.55. The first-order chi connectivity index (χ1) is 12.5. The number of nitrogens with two attached hydrogens (primary N) is 1. The summed E-state index contributed by atoms with van der Waals surface area (Å²) in [6.07, 6.45) is 2.92. The van der Waals surface area contributed by atoms with Crippen LogP contribution in [0.4, 0.5) is 0 Å². The molecule has 5 unspecified atom stereocenters. The van der Waals surface area contributed by atoms with Gasteiger partial charge in [0.05, 0.1) is 6.04 Å². The van der Waals surface area contributed by atoms with Crippen LogP contribution in [0.2, 0.25) is 0 Å². The smallest absolute Gasteiger partial charge is 0.325 e. The molecule has 6 N–H and O–H groups in total. The van der Waals surface area contributed by atoms with Gasteiger partial charge >= 0.3 is 5.97 Å². The molecule has 3 amide bonds. The van der Waals surface area contributed by atoms with E-state index in [2.05, 4.69) is 16.0 Å². The van der Waals surface area contributed by atoms with Gasteiger partial charge in [0.2, 0.25) is 17.7 Å². The van der Waals surface area contributed by atoms with Crippen molar-refractivity contribution in [3.63, 3.8) is 0 Å². The van der Waals surface area contributed by atoms with E-state index in [4.69, 9.17) is 10.8 Å². The third-order valence-corrected chi connectivity index (χ3v) is 4.93. The number of carboxylic acids is 1. The first kappa shape index (κ1) is 25.2. The zero-order valence-corrected chi connectivity index (χ0v) is 17.4. The standard InChI is InChI=1S/C17H32N4O5S/c1-6-9(2)13(18)16(24)19-10(3)14(22)21-12(7-8-27-5)15(23)20-11(4)17(25)26/h9-13H,6-8,18H2,1-5H3,(H,19,24)(H,20,23)(H,21,22)(H,25,26). The Balaban J connectivity index is 4.89. The highest BCUT2D eigenvalue weighted by atomic mass is 32.2. The highest BCUT2D eigenvalue weighted by Gasteiger charge is 2.28. The van der Waals surface area contributed by atoms with Crippen molar-refractivity contribution < 1.29 is 24.3 Å². The molecule has 0 rings (SSSR count). The van der Waals surface area contributed by atoms with E-state index in [1.165, 1.54) is 25.6 Å². The molecule has 0 bridgehead atoms. The van der Waals surface area contributed by atoms with Crippen LogP contribution < -0.4 is 21.7 Å². The van der Waals surface area contributed by atoms with Crippen molar-refractivity contribution in [2.75, 3.05) is 12.0 Å². The van der Waals surface area contributed by atoms with Gasteiger partial charge in [0.25, 0.3) is 0 Å². The summed E-state index contributed by atoms with van der Waals surface area (Å²) in [6.45, 7) is 6.61. The zero-order valence-electron chi connectivity index (χ0n) is 16.6. The number of hydrogen-bond donors (Lipinski definition) is 5. The van der Waals surface area contributed by atoms with Gasteiger partial charge in [-0.1, -0.05) is 20.3 Å². The SMILES string of the molecule is CCC(C)C(N)C(=O)NC(C)C(=O)NC(CCSC)C(=O)NC(C)C(=O)O. The van der Waals surface area contributed by atoms with Crippen molar-refractivity contribution in [3.05, 3.63) is 0 Å². The molecule has 9 nitrogen and oxygen atoms in total. The topological polar surface area (TPSA) is 151 Å². The minimum atomic E-state index is -1.17. The Kier molecular flexibility index (Phi) is 11.7. The van der Waals surface area contributed by atoms with Gasteiger partial charge in [0.15, 0.2) is 0 Å². The van der Waals surface area contributed by atoms with Crippen LogP contribution in [0.3, 0.4) is 0 Å². The van der Waals surface area contributed by atoms with Crippen molar-refractivity contribution in [3.8, 4) is 0 Å². The molecule has 0 radical (unpaired) electrons. The summed E-state index contributed by atoms with van der Waals surface area (Å²) in [5, 5.41) is 16.4. The minimum absolute atomic E-state index is 0.0297. The molecule has 0 aliphatic heterocycles. The molecule has 5 atom stereocenters. The van der Waals surface area contributed by atoms with E-state index in [-0.39, 0.29) is 5.92 Å². The number of thioether (sulfide) groups is 1. The number of carbonyl (C=O) groups is 4. The predicted molar refractivity (Wildman–Crippen MR) is 105 cm³/mol. The number of nitrogens with one attached hydrogen (secondary N) is 3. The fourth-order valence-electron chi connectivity index (χ4n) is 2.06. The van der Waals surface area contributed by atoms with Gasteiger partial charge in [-0.3, -0.25) is 19.2 Å². The Labute approximate surface area is 164 Å². The van der Waals surface area contributed by atoms with E-state index in [9.17, 15) is 19.2 Å². The van der Waals surface area contributed by atoms with Gasteiger partial charge in [-0.2, -0.15) is 11.8 Å². The number of carboxylic acid groups (broad SMARTS) is 1. The van der Waals surface area contributed by atoms with Gasteiger partial charge in [-0.25, -0.2) is 0 Å². The molecular weight excluding hydrogens is 372 g/mol. The fraction of sp³-hybridized carbons (Fsp3) is 0.765. The number of rotatable bonds is 12. The molecule has 27 heavy (non-hydrogen) atoms. The fourth-order valence-corrected chi connectivity index (χ4v) is 2.54. The second kappa shape index (κ2) is 12.6. The summed E-state index contributed by atoms with van der Waals surface area (Å²) in [4.78, 5) is 47.7. The largest absolute Gasteiger partial charge is 0.480 e. The normalized spacial score (nSPS) is 16.4. The average Bonchev–Trinajstić information content (AvgIpc) is 2.62. The van der Waals surface area contributed by atoms with Crippen LogP contribution in [0, 0.1) is 5.92 Å². The monoisotopic (exact) mass is 404 g/mol. The molecule has 0 aromatic heterocycles. The molecule has 0 spiro atoms. The van der Waals surface area contributed by atoms with Gasteiger partial charge < -0.3 is 26.8 Å². The van der Waals surface area contributed by atoms with Crippen LogP contribution in [0.15, 0.2) is 0 Å². The van der Waals surface area contributed by atoms with E-state index in [0.717, 1.165) is 6.42 Å². The molecule has 0 saturated carbocycles. The van der Waals surface area contributed by atoms with Crippen molar-refractivity contribution in [1.82, 2.24) is 16.0 Å². The van der Waals surface area contributed by atoms with Gasteiger partial charge in [-0.05, 0) is 38.2 Å². The van der Waals surface area contributed by atoms with Crippen molar-refractivity contribution >= 4 is 35.5 Å². The Morgan fingerprint density at radius 2 is 1.52 bits per heavy atom. The molecule has 0 aromatic carbocycles. The van der Waals surface area contributed by atoms with Gasteiger partial charge in [0, 0.05) is 0 Å². The van der Waals surface area contributed by atoms with E-state index in [0.29, 0.717) is 12.2 Å². The molecule has 0 saturated heterocycles. The molecule has 0 aliphatic carbocycles. The highest BCUT2D eigenvalue weighted by molar-refractivity contribution is 7.98. The maximum absolute atomic E-state index is 12.4. The van der Waals surface area contributed by atoms with Crippen molar-refractivity contribution in [2.24, 2.45) is 11.7 Å². The van der Waals surface area contributed by atoms with E-state index < -0.39 is 47.9 Å². The van der Waals surface area contributed by atoms with Crippen LogP contribution in [0.1, 0.15) is 40.5 Å². The first-order valence-corrected chi connectivity index (χ1v) is 10.3. The Hall–Kier alpha value is -1.81. The predicted octanol–water partition coefficient (Wildman–Crippen LogP) is -0.308. The second-order valence-corrected chi connectivity index (χ2v) is 7.54. The lowest BCUT2D eigenvalue weighted by molar-refractivity contribution is -0.141. The number of hydrogen-bond acceptors (Lipinski definition) is 6. The number of carbonyl (C=O) groups excluding carboxylic acids is 3. The van der Waals surface area contributed by atoms with Gasteiger partial charge in [-0.15, -0.1) is 0 Å². The van der Waals surface area contributed by atoms with E-state index >= 15 is 0 Å². The highest BCUT2D eigenvalue weighted by Crippen LogP contribution is 2.06. The summed E-state index contributed by atoms with van der Waals surface area (Å²) >= 11 is 1.49. The Bertz CT molecular complexity index is 531.